The summed E-state index contributed by atoms with van der Waals surface area (Å²) in [4.78, 5) is 24.1. The van der Waals surface area contributed by atoms with Crippen molar-refractivity contribution in [3.05, 3.63) is 89.2 Å². The van der Waals surface area contributed by atoms with E-state index in [0.29, 0.717) is 24.4 Å². The highest BCUT2D eigenvalue weighted by Gasteiger charge is 2.09. The van der Waals surface area contributed by atoms with Gasteiger partial charge in [0.25, 0.3) is 0 Å². The van der Waals surface area contributed by atoms with E-state index in [1.54, 1.807) is 31.2 Å². The Labute approximate surface area is 170 Å². The predicted molar refractivity (Wildman–Crippen MR) is 113 cm³/mol. The quantitative estimate of drug-likeness (QED) is 0.589. The molecule has 1 aromatic heterocycles. The first kappa shape index (κ1) is 20.2. The lowest BCUT2D eigenvalue weighted by molar-refractivity contribution is 0.0526. The molecule has 3 rings (SSSR count). The van der Waals surface area contributed by atoms with Crippen LogP contribution in [-0.4, -0.2) is 23.2 Å². The Morgan fingerprint density at radius 3 is 2.66 bits per heavy atom. The van der Waals surface area contributed by atoms with Crippen molar-refractivity contribution >= 4 is 17.7 Å². The van der Waals surface area contributed by atoms with Gasteiger partial charge in [0.05, 0.1) is 18.7 Å². The average molecular weight is 391 g/mol. The molecule has 0 unspecified atom stereocenters. The van der Waals surface area contributed by atoms with E-state index in [-0.39, 0.29) is 6.03 Å². The fraction of sp³-hybridized carbons (Fsp3) is 0.217. The molecule has 0 saturated heterocycles. The second kappa shape index (κ2) is 9.59. The van der Waals surface area contributed by atoms with Crippen molar-refractivity contribution in [2.75, 3.05) is 11.9 Å². The van der Waals surface area contributed by atoms with Crippen LogP contribution in [0.3, 0.4) is 0 Å². The first-order chi connectivity index (χ1) is 14.0. The van der Waals surface area contributed by atoms with Crippen molar-refractivity contribution in [2.45, 2.75) is 26.9 Å². The molecule has 2 aromatic carbocycles. The zero-order valence-corrected chi connectivity index (χ0v) is 16.6. The third kappa shape index (κ3) is 5.72. The normalized spacial score (nSPS) is 10.4. The summed E-state index contributed by atoms with van der Waals surface area (Å²) in [5.74, 6) is -0.412. The van der Waals surface area contributed by atoms with Gasteiger partial charge in [-0.2, -0.15) is 0 Å². The van der Waals surface area contributed by atoms with Crippen LogP contribution in [0.2, 0.25) is 0 Å². The van der Waals surface area contributed by atoms with Crippen LogP contribution in [-0.2, 0) is 17.8 Å². The first-order valence-corrected chi connectivity index (χ1v) is 9.56. The van der Waals surface area contributed by atoms with Crippen LogP contribution in [0.1, 0.15) is 34.1 Å². The standard InChI is InChI=1S/C23H25N3O3/c1-3-29-22(27)19-9-5-10-20(14-19)25-23(28)24-15-21-11-6-12-26(21)16-18-8-4-7-17(2)13-18/h4-14H,3,15-16H2,1-2H3,(H2,24,25,28). The van der Waals surface area contributed by atoms with E-state index in [2.05, 4.69) is 40.3 Å². The van der Waals surface area contributed by atoms with Crippen molar-refractivity contribution in [3.8, 4) is 0 Å². The van der Waals surface area contributed by atoms with Crippen LogP contribution in [0, 0.1) is 6.92 Å². The number of nitrogens with zero attached hydrogens (tertiary/aromatic N) is 1. The van der Waals surface area contributed by atoms with Gasteiger partial charge in [0.2, 0.25) is 0 Å². The zero-order chi connectivity index (χ0) is 20.6. The monoisotopic (exact) mass is 391 g/mol. The van der Waals surface area contributed by atoms with Crippen molar-refractivity contribution in [3.63, 3.8) is 0 Å². The number of urea groups is 1. The lowest BCUT2D eigenvalue weighted by atomic mass is 10.1. The number of carbonyl (C=O) groups is 2. The first-order valence-electron chi connectivity index (χ1n) is 9.56. The number of benzene rings is 2. The van der Waals surface area contributed by atoms with Gasteiger partial charge in [-0.1, -0.05) is 35.9 Å². The molecule has 0 spiro atoms. The number of aromatic nitrogens is 1. The second-order valence-electron chi connectivity index (χ2n) is 6.73. The highest BCUT2D eigenvalue weighted by molar-refractivity contribution is 5.93. The van der Waals surface area contributed by atoms with Gasteiger partial charge in [-0.3, -0.25) is 0 Å². The molecule has 2 N–H and O–H groups in total. The van der Waals surface area contributed by atoms with Crippen LogP contribution >= 0.6 is 0 Å². The Balaban J connectivity index is 1.57. The lowest BCUT2D eigenvalue weighted by Crippen LogP contribution is -2.29. The van der Waals surface area contributed by atoms with Gasteiger partial charge in [-0.15, -0.1) is 0 Å². The Hall–Kier alpha value is -3.54. The molecule has 0 aliphatic carbocycles. The summed E-state index contributed by atoms with van der Waals surface area (Å²) in [6, 6.07) is 18.6. The number of hydrogen-bond donors (Lipinski definition) is 2. The summed E-state index contributed by atoms with van der Waals surface area (Å²) in [5.41, 5.74) is 4.36. The fourth-order valence-corrected chi connectivity index (χ4v) is 3.06. The number of carbonyl (C=O) groups excluding carboxylic acids is 2. The van der Waals surface area contributed by atoms with E-state index in [9.17, 15) is 9.59 Å². The van der Waals surface area contributed by atoms with Gasteiger partial charge in [-0.05, 0) is 49.7 Å². The third-order valence-electron chi connectivity index (χ3n) is 4.42. The van der Waals surface area contributed by atoms with E-state index in [4.69, 9.17) is 4.74 Å². The maximum Gasteiger partial charge on any atom is 0.338 e. The molecule has 6 heteroatoms. The van der Waals surface area contributed by atoms with Crippen LogP contribution in [0.15, 0.2) is 66.9 Å². The van der Waals surface area contributed by atoms with E-state index >= 15 is 0 Å². The molecule has 6 nitrogen and oxygen atoms in total. The molecule has 1 heterocycles. The third-order valence-corrected chi connectivity index (χ3v) is 4.42. The number of amides is 2. The second-order valence-corrected chi connectivity index (χ2v) is 6.73. The number of esters is 1. The Bertz CT molecular complexity index is 994. The SMILES string of the molecule is CCOC(=O)c1cccc(NC(=O)NCc2cccn2Cc2cccc(C)c2)c1. The van der Waals surface area contributed by atoms with Crippen molar-refractivity contribution in [1.29, 1.82) is 0 Å². The molecule has 29 heavy (non-hydrogen) atoms. The highest BCUT2D eigenvalue weighted by atomic mass is 16.5. The summed E-state index contributed by atoms with van der Waals surface area (Å²) in [6.45, 7) is 5.27. The number of aryl methyl sites for hydroxylation is 1. The van der Waals surface area contributed by atoms with Crippen LogP contribution in [0.25, 0.3) is 0 Å². The van der Waals surface area contributed by atoms with E-state index in [1.165, 1.54) is 11.1 Å². The fourth-order valence-electron chi connectivity index (χ4n) is 3.06. The van der Waals surface area contributed by atoms with Gasteiger partial charge in [-0.25, -0.2) is 9.59 Å². The molecule has 0 aliphatic rings. The Morgan fingerprint density at radius 2 is 1.86 bits per heavy atom. The van der Waals surface area contributed by atoms with Crippen LogP contribution in [0.4, 0.5) is 10.5 Å². The predicted octanol–water partition coefficient (Wildman–Crippen LogP) is 4.34. The summed E-state index contributed by atoms with van der Waals surface area (Å²) in [6.07, 6.45) is 2.00. The Morgan fingerprint density at radius 1 is 1.03 bits per heavy atom. The average Bonchev–Trinajstić information content (AvgIpc) is 3.14. The number of rotatable bonds is 7. The van der Waals surface area contributed by atoms with Crippen molar-refractivity contribution < 1.29 is 14.3 Å². The summed E-state index contributed by atoms with van der Waals surface area (Å²) < 4.78 is 7.09. The molecule has 150 valence electrons. The molecule has 0 saturated carbocycles. The van der Waals surface area contributed by atoms with Gasteiger partial charge in [0.1, 0.15) is 0 Å². The maximum absolute atomic E-state index is 12.3. The number of anilines is 1. The minimum absolute atomic E-state index is 0.305. The highest BCUT2D eigenvalue weighted by Crippen LogP contribution is 2.13. The zero-order valence-electron chi connectivity index (χ0n) is 16.6. The summed E-state index contributed by atoms with van der Waals surface area (Å²) in [7, 11) is 0. The minimum Gasteiger partial charge on any atom is -0.462 e. The smallest absolute Gasteiger partial charge is 0.338 e. The molecular weight excluding hydrogens is 366 g/mol. The number of hydrogen-bond acceptors (Lipinski definition) is 3. The lowest BCUT2D eigenvalue weighted by Gasteiger charge is -2.12. The maximum atomic E-state index is 12.3. The van der Waals surface area contributed by atoms with E-state index in [0.717, 1.165) is 12.2 Å². The molecular formula is C23H25N3O3. The van der Waals surface area contributed by atoms with Gasteiger partial charge >= 0.3 is 12.0 Å². The molecule has 0 fully saturated rings. The van der Waals surface area contributed by atoms with Crippen molar-refractivity contribution in [2.24, 2.45) is 0 Å². The topological polar surface area (TPSA) is 72.4 Å². The molecule has 3 aromatic rings. The molecule has 0 aliphatic heterocycles. The van der Waals surface area contributed by atoms with Crippen LogP contribution < -0.4 is 10.6 Å². The number of ether oxygens (including phenoxy) is 1. The minimum atomic E-state index is -0.412. The number of nitrogens with one attached hydrogen (secondary N) is 2. The van der Waals surface area contributed by atoms with Gasteiger partial charge in [0, 0.05) is 24.1 Å². The molecule has 0 bridgehead atoms. The summed E-state index contributed by atoms with van der Waals surface area (Å²) in [5, 5.41) is 5.61. The summed E-state index contributed by atoms with van der Waals surface area (Å²) >= 11 is 0. The molecule has 0 atom stereocenters. The Kier molecular flexibility index (Phi) is 6.68. The molecule has 2 amide bonds. The largest absolute Gasteiger partial charge is 0.462 e. The molecule has 0 radical (unpaired) electrons. The van der Waals surface area contributed by atoms with E-state index < -0.39 is 5.97 Å². The van der Waals surface area contributed by atoms with Crippen molar-refractivity contribution in [1.82, 2.24) is 9.88 Å². The van der Waals surface area contributed by atoms with Gasteiger partial charge in [0.15, 0.2) is 0 Å². The van der Waals surface area contributed by atoms with Gasteiger partial charge < -0.3 is 19.9 Å². The van der Waals surface area contributed by atoms with E-state index in [1.807, 2.05) is 24.4 Å². The van der Waals surface area contributed by atoms with Crippen LogP contribution in [0.5, 0.6) is 0 Å².